The van der Waals surface area contributed by atoms with Crippen LogP contribution in [0.2, 0.25) is 0 Å². The van der Waals surface area contributed by atoms with Gasteiger partial charge in [-0.25, -0.2) is 9.97 Å². The van der Waals surface area contributed by atoms with Crippen LogP contribution in [0.3, 0.4) is 0 Å². The second-order valence-electron chi connectivity index (χ2n) is 16.3. The van der Waals surface area contributed by atoms with Crippen molar-refractivity contribution in [3.8, 4) is 56.0 Å². The molecule has 3 aliphatic rings. The van der Waals surface area contributed by atoms with E-state index in [9.17, 15) is 0 Å². The summed E-state index contributed by atoms with van der Waals surface area (Å²) in [6, 6.07) is 80.6. The molecule has 0 amide bonds. The Bertz CT molecular complexity index is 3280. The third-order valence-electron chi connectivity index (χ3n) is 13.6. The number of aromatic nitrogens is 2. The van der Waals surface area contributed by atoms with Gasteiger partial charge in [0.25, 0.3) is 0 Å². The maximum atomic E-state index is 5.16. The van der Waals surface area contributed by atoms with Gasteiger partial charge in [0.2, 0.25) is 0 Å². The molecule has 3 aliphatic carbocycles. The molecule has 278 valence electrons. The van der Waals surface area contributed by atoms with E-state index in [1.807, 2.05) is 12.1 Å². The summed E-state index contributed by atoms with van der Waals surface area (Å²) in [4.78, 5) is 10.2. The highest BCUT2D eigenvalue weighted by atomic mass is 14.9. The van der Waals surface area contributed by atoms with Crippen LogP contribution in [0.4, 0.5) is 0 Å². The lowest BCUT2D eigenvalue weighted by atomic mass is 9.52. The maximum Gasteiger partial charge on any atom is 0.160 e. The number of hydrogen-bond donors (Lipinski definition) is 0. The number of hydrogen-bond acceptors (Lipinski definition) is 2. The first-order chi connectivity index (χ1) is 29.8. The van der Waals surface area contributed by atoms with Gasteiger partial charge in [-0.2, -0.15) is 0 Å². The molecule has 0 saturated carbocycles. The Labute approximate surface area is 349 Å². The summed E-state index contributed by atoms with van der Waals surface area (Å²) in [7, 11) is 0. The van der Waals surface area contributed by atoms with Gasteiger partial charge in [-0.3, -0.25) is 0 Å². The first-order valence-electron chi connectivity index (χ1n) is 20.8. The van der Waals surface area contributed by atoms with Gasteiger partial charge in [0.05, 0.1) is 22.0 Å². The molecule has 2 nitrogen and oxygen atoms in total. The summed E-state index contributed by atoms with van der Waals surface area (Å²) in [6.45, 7) is 0. The van der Waals surface area contributed by atoms with Crippen LogP contribution in [-0.4, -0.2) is 9.97 Å². The second kappa shape index (κ2) is 12.4. The standard InChI is InChI=1S/C58H36N2/c1-2-16-38(17-3-1)55-45-21-7-15-29-54(45)59-56(60-55)39-32-30-37(31-33-39)40-34-35-44-43-20-6-10-24-48(43)58(53(44)36-40)51-27-13-11-25-49(51)57(50-26-12-14-28-52(50)58)46-22-8-4-18-41(46)42-19-5-9-23-47(42)57/h1-36H. The molecule has 60 heavy (non-hydrogen) atoms. The minimum absolute atomic E-state index is 0.456. The summed E-state index contributed by atoms with van der Waals surface area (Å²) in [5, 5.41) is 1.05. The number of rotatable bonds is 3. The lowest BCUT2D eigenvalue weighted by molar-refractivity contribution is 0.633. The second-order valence-corrected chi connectivity index (χ2v) is 16.3. The van der Waals surface area contributed by atoms with Gasteiger partial charge in [-0.05, 0) is 90.0 Å². The molecule has 1 heterocycles. The average Bonchev–Trinajstić information content (AvgIpc) is 3.79. The number of nitrogens with zero attached hydrogens (tertiary/aromatic N) is 2. The molecule has 0 saturated heterocycles. The molecule has 0 fully saturated rings. The monoisotopic (exact) mass is 760 g/mol. The minimum Gasteiger partial charge on any atom is -0.228 e. The van der Waals surface area contributed by atoms with E-state index in [2.05, 4.69) is 206 Å². The molecular formula is C58H36N2. The normalized spacial score (nSPS) is 14.3. The van der Waals surface area contributed by atoms with Crippen molar-refractivity contribution < 1.29 is 0 Å². The SMILES string of the molecule is c1ccc(-c2nc(-c3ccc(-c4ccc5c(c4)C4(c6ccccc6-5)c5ccccc5C5(c6ccccc6-c6ccccc65)c5ccccc54)cc3)nc3ccccc23)cc1. The van der Waals surface area contributed by atoms with E-state index < -0.39 is 10.8 Å². The fourth-order valence-corrected chi connectivity index (χ4v) is 11.3. The predicted molar refractivity (Wildman–Crippen MR) is 244 cm³/mol. The van der Waals surface area contributed by atoms with Gasteiger partial charge in [0.15, 0.2) is 5.82 Å². The van der Waals surface area contributed by atoms with Crippen LogP contribution in [0.1, 0.15) is 44.5 Å². The van der Waals surface area contributed by atoms with E-state index in [0.717, 1.165) is 39.1 Å². The first-order valence-corrected chi connectivity index (χ1v) is 20.8. The van der Waals surface area contributed by atoms with Crippen molar-refractivity contribution in [2.45, 2.75) is 10.8 Å². The number of benzene rings is 9. The Morgan fingerprint density at radius 3 is 1.25 bits per heavy atom. The fraction of sp³-hybridized carbons (Fsp3) is 0.0345. The molecule has 10 aromatic rings. The van der Waals surface area contributed by atoms with Gasteiger partial charge in [-0.15, -0.1) is 0 Å². The zero-order chi connectivity index (χ0) is 39.4. The smallest absolute Gasteiger partial charge is 0.160 e. The van der Waals surface area contributed by atoms with Gasteiger partial charge in [-0.1, -0.05) is 206 Å². The van der Waals surface area contributed by atoms with Crippen molar-refractivity contribution in [2.24, 2.45) is 0 Å². The Morgan fingerprint density at radius 1 is 0.267 bits per heavy atom. The third kappa shape index (κ3) is 4.27. The quantitative estimate of drug-likeness (QED) is 0.179. The van der Waals surface area contributed by atoms with E-state index in [1.165, 1.54) is 72.3 Å². The minimum atomic E-state index is -0.528. The molecule has 0 aliphatic heterocycles. The van der Waals surface area contributed by atoms with Crippen molar-refractivity contribution in [1.82, 2.24) is 9.97 Å². The summed E-state index contributed by atoms with van der Waals surface area (Å²) in [5.74, 6) is 0.724. The van der Waals surface area contributed by atoms with E-state index in [0.29, 0.717) is 0 Å². The van der Waals surface area contributed by atoms with Gasteiger partial charge in [0, 0.05) is 16.5 Å². The van der Waals surface area contributed by atoms with Crippen LogP contribution in [0.5, 0.6) is 0 Å². The first kappa shape index (κ1) is 33.3. The molecule has 0 N–H and O–H groups in total. The highest BCUT2D eigenvalue weighted by molar-refractivity contribution is 5.96. The molecular weight excluding hydrogens is 725 g/mol. The Kier molecular flexibility index (Phi) is 6.89. The largest absolute Gasteiger partial charge is 0.228 e. The summed E-state index contributed by atoms with van der Waals surface area (Å²) < 4.78 is 0. The lowest BCUT2D eigenvalue weighted by Gasteiger charge is -2.48. The Morgan fingerprint density at radius 2 is 0.683 bits per heavy atom. The molecule has 9 aromatic carbocycles. The third-order valence-corrected chi connectivity index (χ3v) is 13.6. The van der Waals surface area contributed by atoms with Crippen LogP contribution in [0.25, 0.3) is 66.9 Å². The topological polar surface area (TPSA) is 25.8 Å². The Balaban J connectivity index is 1.01. The molecule has 0 bridgehead atoms. The van der Waals surface area contributed by atoms with Crippen molar-refractivity contribution in [3.05, 3.63) is 263 Å². The predicted octanol–water partition coefficient (Wildman–Crippen LogP) is 13.7. The van der Waals surface area contributed by atoms with Crippen molar-refractivity contribution in [1.29, 1.82) is 0 Å². The van der Waals surface area contributed by atoms with E-state index >= 15 is 0 Å². The Hall–Kier alpha value is -7.68. The number of fused-ring (bicyclic) bond motifs is 17. The molecule has 2 spiro atoms. The summed E-state index contributed by atoms with van der Waals surface area (Å²) >= 11 is 0. The van der Waals surface area contributed by atoms with E-state index in [4.69, 9.17) is 9.97 Å². The van der Waals surface area contributed by atoms with E-state index in [1.54, 1.807) is 0 Å². The molecule has 0 atom stereocenters. The van der Waals surface area contributed by atoms with Crippen molar-refractivity contribution in [2.75, 3.05) is 0 Å². The highest BCUT2D eigenvalue weighted by Crippen LogP contribution is 2.67. The van der Waals surface area contributed by atoms with Crippen LogP contribution < -0.4 is 0 Å². The van der Waals surface area contributed by atoms with Crippen molar-refractivity contribution >= 4 is 10.9 Å². The molecule has 1 aromatic heterocycles. The maximum absolute atomic E-state index is 5.16. The summed E-state index contributed by atoms with van der Waals surface area (Å²) in [6.07, 6.45) is 0. The van der Waals surface area contributed by atoms with Crippen LogP contribution in [0, 0.1) is 0 Å². The van der Waals surface area contributed by atoms with Gasteiger partial charge >= 0.3 is 0 Å². The average molecular weight is 761 g/mol. The van der Waals surface area contributed by atoms with Gasteiger partial charge in [0.1, 0.15) is 0 Å². The van der Waals surface area contributed by atoms with Gasteiger partial charge < -0.3 is 0 Å². The van der Waals surface area contributed by atoms with Crippen molar-refractivity contribution in [3.63, 3.8) is 0 Å². The lowest BCUT2D eigenvalue weighted by Crippen LogP contribution is -2.43. The zero-order valence-corrected chi connectivity index (χ0v) is 32.7. The van der Waals surface area contributed by atoms with Crippen LogP contribution in [0.15, 0.2) is 218 Å². The molecule has 0 radical (unpaired) electrons. The zero-order valence-electron chi connectivity index (χ0n) is 32.7. The highest BCUT2D eigenvalue weighted by Gasteiger charge is 2.58. The van der Waals surface area contributed by atoms with Crippen LogP contribution >= 0.6 is 0 Å². The fourth-order valence-electron chi connectivity index (χ4n) is 11.3. The number of para-hydroxylation sites is 1. The summed E-state index contributed by atoms with van der Waals surface area (Å²) in [5.41, 5.74) is 21.3. The molecule has 13 rings (SSSR count). The molecule has 0 unspecified atom stereocenters. The molecule has 2 heteroatoms. The van der Waals surface area contributed by atoms with Crippen LogP contribution in [-0.2, 0) is 10.8 Å². The van der Waals surface area contributed by atoms with E-state index in [-0.39, 0.29) is 0 Å².